The molecule has 0 aromatic carbocycles. The summed E-state index contributed by atoms with van der Waals surface area (Å²) in [6, 6.07) is 5.51. The lowest BCUT2D eigenvalue weighted by Gasteiger charge is -2.39. The van der Waals surface area contributed by atoms with Crippen molar-refractivity contribution < 1.29 is 13.9 Å². The number of pyridine rings is 1. The Morgan fingerprint density at radius 1 is 1.14 bits per heavy atom. The Labute approximate surface area is 258 Å². The number of likely N-dealkylation sites (tertiary alicyclic amines) is 1. The number of carbonyl (C=O) groups is 1. The van der Waals surface area contributed by atoms with Gasteiger partial charge < -0.3 is 24.8 Å². The van der Waals surface area contributed by atoms with E-state index >= 15 is 4.39 Å². The first-order valence-corrected chi connectivity index (χ1v) is 15.5. The molecule has 2 saturated heterocycles. The molecule has 44 heavy (non-hydrogen) atoms. The van der Waals surface area contributed by atoms with Gasteiger partial charge in [0, 0.05) is 52.2 Å². The van der Waals surface area contributed by atoms with Gasteiger partial charge in [-0.05, 0) is 45.5 Å². The van der Waals surface area contributed by atoms with E-state index in [0.717, 1.165) is 44.6 Å². The van der Waals surface area contributed by atoms with Crippen LogP contribution in [0.3, 0.4) is 0 Å². The van der Waals surface area contributed by atoms with Crippen molar-refractivity contribution in [2.45, 2.75) is 39.2 Å². The number of nitrogens with one attached hydrogen (secondary N) is 1. The van der Waals surface area contributed by atoms with E-state index in [1.54, 1.807) is 18.0 Å². The molecule has 0 atom stereocenters. The first-order valence-electron chi connectivity index (χ1n) is 14.7. The molecule has 14 heteroatoms. The molecule has 6 heterocycles. The minimum absolute atomic E-state index is 0.0751. The highest BCUT2D eigenvalue weighted by atomic mass is 32.1. The van der Waals surface area contributed by atoms with Crippen LogP contribution in [0.15, 0.2) is 35.4 Å². The van der Waals surface area contributed by atoms with Gasteiger partial charge in [0.15, 0.2) is 5.82 Å². The SMILES string of the molecule is CCN1CCN(c2ccc(Nc3ncc(F)c(-c4cc5c(=O)n(C)nc(C6CN(C(=O)OC(C)(C)C)C6)c5s4)n3)nc2)CC1. The molecule has 0 saturated carbocycles. The zero-order chi connectivity index (χ0) is 31.2. The van der Waals surface area contributed by atoms with E-state index < -0.39 is 11.4 Å². The number of rotatable bonds is 6. The standard InChI is InChI=1S/C30H36FN9O3S/c1-6-38-9-11-39(12-10-38)19-7-8-23(32-14-19)34-28-33-15-21(31)25(35-28)22-13-20-26(44-22)24(36-37(5)27(20)41)18-16-40(17-18)29(42)43-30(2,3)4/h7-8,13-15,18H,6,9-12,16-17H2,1-5H3,(H,32,33,34,35). The number of amides is 1. The van der Waals surface area contributed by atoms with E-state index in [0.29, 0.717) is 39.6 Å². The van der Waals surface area contributed by atoms with E-state index in [9.17, 15) is 9.59 Å². The van der Waals surface area contributed by atoms with Crippen molar-refractivity contribution in [3.8, 4) is 10.6 Å². The summed E-state index contributed by atoms with van der Waals surface area (Å²) < 4.78 is 22.5. The van der Waals surface area contributed by atoms with E-state index in [1.807, 2.05) is 39.1 Å². The van der Waals surface area contributed by atoms with Gasteiger partial charge in [-0.3, -0.25) is 4.79 Å². The first kappa shape index (κ1) is 29.9. The number of fused-ring (bicyclic) bond motifs is 1. The van der Waals surface area contributed by atoms with Gasteiger partial charge in [-0.2, -0.15) is 5.10 Å². The summed E-state index contributed by atoms with van der Waals surface area (Å²) >= 11 is 1.25. The topological polar surface area (TPSA) is 122 Å². The van der Waals surface area contributed by atoms with Gasteiger partial charge in [-0.1, -0.05) is 6.92 Å². The number of thiophene rings is 1. The molecule has 0 unspecified atom stereocenters. The van der Waals surface area contributed by atoms with Gasteiger partial charge in [0.1, 0.15) is 17.1 Å². The highest BCUT2D eigenvalue weighted by Crippen LogP contribution is 2.38. The van der Waals surface area contributed by atoms with Gasteiger partial charge in [0.05, 0.1) is 38.7 Å². The maximum Gasteiger partial charge on any atom is 0.410 e. The van der Waals surface area contributed by atoms with Crippen molar-refractivity contribution in [3.05, 3.63) is 52.5 Å². The van der Waals surface area contributed by atoms with Crippen LogP contribution in [0, 0.1) is 5.82 Å². The van der Waals surface area contributed by atoms with Crippen molar-refractivity contribution >= 4 is 45.0 Å². The summed E-state index contributed by atoms with van der Waals surface area (Å²) in [7, 11) is 1.59. The molecular weight excluding hydrogens is 585 g/mol. The molecule has 4 aromatic rings. The summed E-state index contributed by atoms with van der Waals surface area (Å²) in [5.41, 5.74) is 0.927. The van der Waals surface area contributed by atoms with E-state index in [-0.39, 0.29) is 29.2 Å². The lowest BCUT2D eigenvalue weighted by atomic mass is 9.96. The number of aryl methyl sites for hydroxylation is 1. The zero-order valence-corrected chi connectivity index (χ0v) is 26.3. The molecule has 1 N–H and O–H groups in total. The number of carbonyl (C=O) groups excluding carboxylic acids is 1. The molecule has 12 nitrogen and oxygen atoms in total. The quantitative estimate of drug-likeness (QED) is 0.335. The van der Waals surface area contributed by atoms with Gasteiger partial charge in [-0.25, -0.2) is 28.8 Å². The molecule has 232 valence electrons. The Morgan fingerprint density at radius 2 is 1.89 bits per heavy atom. The number of hydrogen-bond donors (Lipinski definition) is 1. The maximum absolute atomic E-state index is 15.1. The third kappa shape index (κ3) is 6.09. The second-order valence-corrected chi connectivity index (χ2v) is 13.1. The highest BCUT2D eigenvalue weighted by molar-refractivity contribution is 7.22. The summed E-state index contributed by atoms with van der Waals surface area (Å²) in [4.78, 5) is 45.4. The van der Waals surface area contributed by atoms with Crippen LogP contribution in [-0.4, -0.2) is 92.0 Å². The van der Waals surface area contributed by atoms with Crippen LogP contribution in [-0.2, 0) is 11.8 Å². The molecule has 2 aliphatic heterocycles. The second kappa shape index (κ2) is 11.7. The van der Waals surface area contributed by atoms with Gasteiger partial charge in [-0.15, -0.1) is 11.3 Å². The van der Waals surface area contributed by atoms with E-state index in [1.165, 1.54) is 16.0 Å². The highest BCUT2D eigenvalue weighted by Gasteiger charge is 2.37. The molecule has 0 spiro atoms. The fraction of sp³-hybridized carbons (Fsp3) is 0.467. The molecule has 0 radical (unpaired) electrons. The van der Waals surface area contributed by atoms with Crippen LogP contribution in [0.2, 0.25) is 0 Å². The summed E-state index contributed by atoms with van der Waals surface area (Å²) in [6.07, 6.45) is 2.54. The molecular formula is C30H36FN9O3S. The number of halogens is 1. The number of likely N-dealkylation sites (N-methyl/N-ethyl adjacent to an activating group) is 1. The molecule has 0 aliphatic carbocycles. The zero-order valence-electron chi connectivity index (χ0n) is 25.5. The average molecular weight is 622 g/mol. The molecule has 6 rings (SSSR count). The number of aromatic nitrogens is 5. The van der Waals surface area contributed by atoms with Gasteiger partial charge >= 0.3 is 6.09 Å². The lowest BCUT2D eigenvalue weighted by Crippen LogP contribution is -2.50. The lowest BCUT2D eigenvalue weighted by molar-refractivity contribution is 0.00789. The maximum atomic E-state index is 15.1. The number of ether oxygens (including phenoxy) is 1. The normalized spacial score (nSPS) is 16.3. The van der Waals surface area contributed by atoms with Crippen molar-refractivity contribution in [1.82, 2.24) is 34.5 Å². The van der Waals surface area contributed by atoms with Crippen LogP contribution in [0.25, 0.3) is 20.7 Å². The fourth-order valence-electron chi connectivity index (χ4n) is 5.36. The van der Waals surface area contributed by atoms with E-state index in [2.05, 4.69) is 42.1 Å². The van der Waals surface area contributed by atoms with Crippen LogP contribution < -0.4 is 15.8 Å². The van der Waals surface area contributed by atoms with Crippen LogP contribution >= 0.6 is 11.3 Å². The van der Waals surface area contributed by atoms with Crippen LogP contribution in [0.1, 0.15) is 39.3 Å². The molecule has 4 aromatic heterocycles. The Bertz CT molecular complexity index is 1740. The van der Waals surface area contributed by atoms with Crippen molar-refractivity contribution in [2.75, 3.05) is 56.0 Å². The fourth-order valence-corrected chi connectivity index (χ4v) is 6.57. The van der Waals surface area contributed by atoms with Crippen LogP contribution in [0.4, 0.5) is 26.6 Å². The summed E-state index contributed by atoms with van der Waals surface area (Å²) in [5.74, 6) is 0.0340. The van der Waals surface area contributed by atoms with Crippen molar-refractivity contribution in [2.24, 2.45) is 7.05 Å². The minimum Gasteiger partial charge on any atom is -0.444 e. The van der Waals surface area contributed by atoms with E-state index in [4.69, 9.17) is 4.74 Å². The molecule has 0 bridgehead atoms. The third-order valence-corrected chi connectivity index (χ3v) is 8.98. The molecule has 1 amide bonds. The van der Waals surface area contributed by atoms with Crippen LogP contribution in [0.5, 0.6) is 0 Å². The number of piperazine rings is 1. The predicted octanol–water partition coefficient (Wildman–Crippen LogP) is 4.21. The van der Waals surface area contributed by atoms with Crippen molar-refractivity contribution in [1.29, 1.82) is 0 Å². The minimum atomic E-state index is -0.609. The second-order valence-electron chi connectivity index (χ2n) is 12.1. The Kier molecular flexibility index (Phi) is 7.97. The monoisotopic (exact) mass is 621 g/mol. The smallest absolute Gasteiger partial charge is 0.410 e. The van der Waals surface area contributed by atoms with Gasteiger partial charge in [0.2, 0.25) is 5.95 Å². The third-order valence-electron chi connectivity index (χ3n) is 7.82. The average Bonchev–Trinajstić information content (AvgIpc) is 3.41. The predicted molar refractivity (Wildman–Crippen MR) is 168 cm³/mol. The number of nitrogens with zero attached hydrogens (tertiary/aromatic N) is 8. The first-order chi connectivity index (χ1) is 21.0. The molecule has 2 fully saturated rings. The largest absolute Gasteiger partial charge is 0.444 e. The summed E-state index contributed by atoms with van der Waals surface area (Å²) in [6.45, 7) is 13.5. The molecule has 2 aliphatic rings. The van der Waals surface area contributed by atoms with Crippen molar-refractivity contribution in [3.63, 3.8) is 0 Å². The Hall–Kier alpha value is -4.17. The Balaban J connectivity index is 1.21. The number of hydrogen-bond acceptors (Lipinski definition) is 11. The summed E-state index contributed by atoms with van der Waals surface area (Å²) in [5, 5.41) is 8.03. The Morgan fingerprint density at radius 3 is 2.55 bits per heavy atom. The number of anilines is 3. The van der Waals surface area contributed by atoms with Gasteiger partial charge in [0.25, 0.3) is 5.56 Å².